The van der Waals surface area contributed by atoms with Gasteiger partial charge < -0.3 is 10.2 Å². The maximum absolute atomic E-state index is 15.4. The second kappa shape index (κ2) is 10.1. The van der Waals surface area contributed by atoms with Gasteiger partial charge in [0.1, 0.15) is 11.5 Å². The molecule has 0 unspecified atom stereocenters. The summed E-state index contributed by atoms with van der Waals surface area (Å²) in [7, 11) is 1.65. The van der Waals surface area contributed by atoms with Crippen LogP contribution in [-0.4, -0.2) is 44.9 Å². The first-order valence-corrected chi connectivity index (χ1v) is 14.7. The minimum atomic E-state index is -0.314. The molecule has 4 aromatic rings. The second-order valence-corrected chi connectivity index (χ2v) is 11.9. The van der Waals surface area contributed by atoms with Gasteiger partial charge >= 0.3 is 0 Å². The van der Waals surface area contributed by atoms with Crippen molar-refractivity contribution < 1.29 is 14.0 Å². The van der Waals surface area contributed by atoms with Gasteiger partial charge in [-0.15, -0.1) is 0 Å². The molecule has 1 atom stereocenters. The summed E-state index contributed by atoms with van der Waals surface area (Å²) in [5.74, 6) is 0.618. The monoisotopic (exact) mass is 551 g/mol. The minimum absolute atomic E-state index is 0.0299. The van der Waals surface area contributed by atoms with Crippen molar-refractivity contribution in [2.75, 3.05) is 13.6 Å². The highest BCUT2D eigenvalue weighted by molar-refractivity contribution is 5.93. The largest absolute Gasteiger partial charge is 0.359 e. The number of halogens is 1. The standard InChI is InChI=1S/C33H34FN5O2/c1-19-25-6-4-3-5-21(25)11-12-38(19)33(41)29-17-30(22-7-8-22)39-31(36-29)18-28(37-39)26-10-9-23(16-27(26)34)24-13-20(14-24)15-32(40)35-2/h3-6,9-10,16-20,22,24H,7-8,11-15H2,1-2H3,(H,35,40)/t19-,20-,24-/m1/s1. The quantitative estimate of drug-likeness (QED) is 0.328. The molecule has 2 amide bonds. The van der Waals surface area contributed by atoms with Crippen molar-refractivity contribution in [3.05, 3.63) is 88.5 Å². The lowest BCUT2D eigenvalue weighted by Crippen LogP contribution is -2.39. The number of carbonyl (C=O) groups is 2. The van der Waals surface area contributed by atoms with E-state index in [0.29, 0.717) is 47.4 Å². The Morgan fingerprint density at radius 1 is 1.05 bits per heavy atom. The van der Waals surface area contributed by atoms with E-state index < -0.39 is 0 Å². The van der Waals surface area contributed by atoms with E-state index in [1.807, 2.05) is 29.2 Å². The Hall–Kier alpha value is -4.07. The number of aromatic nitrogens is 3. The van der Waals surface area contributed by atoms with Gasteiger partial charge in [0.15, 0.2) is 5.65 Å². The highest BCUT2D eigenvalue weighted by Gasteiger charge is 2.34. The summed E-state index contributed by atoms with van der Waals surface area (Å²) in [4.78, 5) is 32.1. The van der Waals surface area contributed by atoms with Gasteiger partial charge in [-0.3, -0.25) is 9.59 Å². The summed E-state index contributed by atoms with van der Waals surface area (Å²) in [5, 5.41) is 7.45. The fourth-order valence-corrected chi connectivity index (χ4v) is 6.64. The van der Waals surface area contributed by atoms with Crippen LogP contribution in [0, 0.1) is 11.7 Å². The summed E-state index contributed by atoms with van der Waals surface area (Å²) < 4.78 is 17.2. The number of nitrogens with one attached hydrogen (secondary N) is 1. The number of amides is 2. The summed E-state index contributed by atoms with van der Waals surface area (Å²) >= 11 is 0. The molecular formula is C33H34FN5O2. The molecule has 2 aliphatic carbocycles. The normalized spacial score (nSPS) is 21.8. The number of hydrogen-bond donors (Lipinski definition) is 1. The first kappa shape index (κ1) is 25.9. The van der Waals surface area contributed by atoms with E-state index in [1.165, 1.54) is 11.1 Å². The molecule has 0 radical (unpaired) electrons. The molecule has 2 aromatic heterocycles. The molecule has 3 heterocycles. The fourth-order valence-electron chi connectivity index (χ4n) is 6.64. The van der Waals surface area contributed by atoms with E-state index in [1.54, 1.807) is 29.8 Å². The highest BCUT2D eigenvalue weighted by Crippen LogP contribution is 2.44. The number of benzene rings is 2. The van der Waals surface area contributed by atoms with Crippen molar-refractivity contribution in [2.45, 2.75) is 63.3 Å². The lowest BCUT2D eigenvalue weighted by Gasteiger charge is -2.35. The molecular weight excluding hydrogens is 517 g/mol. The number of carbonyl (C=O) groups excluding carboxylic acids is 2. The van der Waals surface area contributed by atoms with Gasteiger partial charge in [0.05, 0.1) is 11.7 Å². The first-order valence-electron chi connectivity index (χ1n) is 14.7. The third-order valence-corrected chi connectivity index (χ3v) is 9.25. The zero-order chi connectivity index (χ0) is 28.2. The average molecular weight is 552 g/mol. The maximum Gasteiger partial charge on any atom is 0.273 e. The van der Waals surface area contributed by atoms with Crippen LogP contribution in [0.15, 0.2) is 54.6 Å². The van der Waals surface area contributed by atoms with Crippen LogP contribution in [-0.2, 0) is 11.2 Å². The maximum atomic E-state index is 15.4. The Balaban J connectivity index is 1.16. The van der Waals surface area contributed by atoms with Crippen LogP contribution in [0.1, 0.15) is 89.8 Å². The molecule has 0 bridgehead atoms. The van der Waals surface area contributed by atoms with Crippen LogP contribution in [0.5, 0.6) is 0 Å². The summed E-state index contributed by atoms with van der Waals surface area (Å²) in [6.07, 6.45) is 5.23. The van der Waals surface area contributed by atoms with Crippen LogP contribution in [0.2, 0.25) is 0 Å². The molecule has 7 rings (SSSR count). The predicted molar refractivity (Wildman–Crippen MR) is 154 cm³/mol. The smallest absolute Gasteiger partial charge is 0.273 e. The van der Waals surface area contributed by atoms with Crippen molar-refractivity contribution in [3.8, 4) is 11.3 Å². The number of fused-ring (bicyclic) bond motifs is 2. The van der Waals surface area contributed by atoms with Crippen molar-refractivity contribution in [3.63, 3.8) is 0 Å². The van der Waals surface area contributed by atoms with E-state index in [4.69, 9.17) is 10.1 Å². The number of nitrogens with zero attached hydrogens (tertiary/aromatic N) is 4. The molecule has 210 valence electrons. The van der Waals surface area contributed by atoms with Gasteiger partial charge in [-0.05, 0) is 85.8 Å². The van der Waals surface area contributed by atoms with Gasteiger partial charge in [0.25, 0.3) is 5.91 Å². The van der Waals surface area contributed by atoms with E-state index in [2.05, 4.69) is 24.4 Å². The zero-order valence-electron chi connectivity index (χ0n) is 23.4. The summed E-state index contributed by atoms with van der Waals surface area (Å²) in [6, 6.07) is 17.3. The molecule has 41 heavy (non-hydrogen) atoms. The average Bonchev–Trinajstić information content (AvgIpc) is 3.72. The number of rotatable bonds is 6. The van der Waals surface area contributed by atoms with Crippen molar-refractivity contribution in [1.82, 2.24) is 24.8 Å². The van der Waals surface area contributed by atoms with Crippen LogP contribution in [0.3, 0.4) is 0 Å². The Kier molecular flexibility index (Phi) is 6.36. The van der Waals surface area contributed by atoms with Gasteiger partial charge in [0.2, 0.25) is 5.91 Å². The van der Waals surface area contributed by atoms with E-state index >= 15 is 4.39 Å². The molecule has 2 fully saturated rings. The minimum Gasteiger partial charge on any atom is -0.359 e. The number of hydrogen-bond acceptors (Lipinski definition) is 4. The van der Waals surface area contributed by atoms with Gasteiger partial charge in [0, 0.05) is 43.3 Å². The van der Waals surface area contributed by atoms with Crippen LogP contribution < -0.4 is 5.32 Å². The SMILES string of the molecule is CNC(=O)C[C@H]1C[C@H](c2ccc(-c3cc4nc(C(=O)N5CCc6ccccc6[C@H]5C)cc(C5CC5)n4n3)c(F)c2)C1. The molecule has 1 aliphatic heterocycles. The molecule has 7 nitrogen and oxygen atoms in total. The summed E-state index contributed by atoms with van der Waals surface area (Å²) in [5.41, 5.74) is 6.33. The Bertz CT molecular complexity index is 1670. The summed E-state index contributed by atoms with van der Waals surface area (Å²) in [6.45, 7) is 2.73. The molecule has 2 aromatic carbocycles. The second-order valence-electron chi connectivity index (χ2n) is 11.9. The van der Waals surface area contributed by atoms with Gasteiger partial charge in [-0.25, -0.2) is 13.9 Å². The van der Waals surface area contributed by atoms with Crippen LogP contribution in [0.4, 0.5) is 4.39 Å². The molecule has 0 saturated heterocycles. The Labute approximate surface area is 238 Å². The molecule has 8 heteroatoms. The van der Waals surface area contributed by atoms with Crippen LogP contribution >= 0.6 is 0 Å². The van der Waals surface area contributed by atoms with Crippen LogP contribution in [0.25, 0.3) is 16.9 Å². The van der Waals surface area contributed by atoms with Crippen molar-refractivity contribution in [2.24, 2.45) is 5.92 Å². The molecule has 0 spiro atoms. The van der Waals surface area contributed by atoms with Crippen molar-refractivity contribution >= 4 is 17.5 Å². The molecule has 3 aliphatic rings. The highest BCUT2D eigenvalue weighted by atomic mass is 19.1. The Morgan fingerprint density at radius 2 is 1.85 bits per heavy atom. The lowest BCUT2D eigenvalue weighted by atomic mass is 9.70. The predicted octanol–water partition coefficient (Wildman–Crippen LogP) is 5.80. The Morgan fingerprint density at radius 3 is 2.61 bits per heavy atom. The van der Waals surface area contributed by atoms with Gasteiger partial charge in [-0.1, -0.05) is 30.3 Å². The zero-order valence-corrected chi connectivity index (χ0v) is 23.4. The first-order chi connectivity index (χ1) is 19.9. The van der Waals surface area contributed by atoms with E-state index in [-0.39, 0.29) is 29.6 Å². The fraction of sp³-hybridized carbons (Fsp3) is 0.394. The topological polar surface area (TPSA) is 79.6 Å². The third kappa shape index (κ3) is 4.69. The molecule has 2 saturated carbocycles. The molecule has 1 N–H and O–H groups in total. The van der Waals surface area contributed by atoms with E-state index in [0.717, 1.165) is 43.4 Å². The van der Waals surface area contributed by atoms with E-state index in [9.17, 15) is 9.59 Å². The third-order valence-electron chi connectivity index (χ3n) is 9.25. The van der Waals surface area contributed by atoms with Gasteiger partial charge in [-0.2, -0.15) is 5.10 Å². The lowest BCUT2D eigenvalue weighted by molar-refractivity contribution is -0.122. The van der Waals surface area contributed by atoms with Crippen molar-refractivity contribution in [1.29, 1.82) is 0 Å².